The van der Waals surface area contributed by atoms with Crippen LogP contribution in [0.4, 0.5) is 10.5 Å². The highest BCUT2D eigenvalue weighted by Crippen LogP contribution is 2.30. The highest BCUT2D eigenvalue weighted by molar-refractivity contribution is 5.90. The lowest BCUT2D eigenvalue weighted by atomic mass is 10.1. The normalized spacial score (nSPS) is 10.9. The first-order valence-corrected chi connectivity index (χ1v) is 11.8. The van der Waals surface area contributed by atoms with Crippen LogP contribution in [0, 0.1) is 5.92 Å². The van der Waals surface area contributed by atoms with Crippen LogP contribution in [-0.4, -0.2) is 42.4 Å². The maximum absolute atomic E-state index is 12.6. The molecule has 0 atom stereocenters. The Morgan fingerprint density at radius 1 is 1.11 bits per heavy atom. The van der Waals surface area contributed by atoms with E-state index in [1.165, 1.54) is 7.11 Å². The number of hydrogen-bond acceptors (Lipinski definition) is 6. The third-order valence-electron chi connectivity index (χ3n) is 5.58. The lowest BCUT2D eigenvalue weighted by molar-refractivity contribution is -0.140. The molecule has 1 aromatic carbocycles. The quantitative estimate of drug-likeness (QED) is 0.285. The van der Waals surface area contributed by atoms with Gasteiger partial charge in [0.05, 0.1) is 27.2 Å². The minimum absolute atomic E-state index is 0.262. The van der Waals surface area contributed by atoms with Gasteiger partial charge in [-0.1, -0.05) is 13.8 Å². The Hall–Kier alpha value is -3.75. The van der Waals surface area contributed by atoms with Crippen molar-refractivity contribution < 1.29 is 23.8 Å². The Kier molecular flexibility index (Phi) is 9.34. The fourth-order valence-corrected chi connectivity index (χ4v) is 3.69. The number of aryl methyl sites for hydroxylation is 1. The van der Waals surface area contributed by atoms with Gasteiger partial charge in [0.25, 0.3) is 0 Å². The molecule has 0 radical (unpaired) electrons. The van der Waals surface area contributed by atoms with Gasteiger partial charge in [0.2, 0.25) is 0 Å². The van der Waals surface area contributed by atoms with E-state index in [1.807, 2.05) is 22.9 Å². The van der Waals surface area contributed by atoms with Crippen LogP contribution in [0.3, 0.4) is 0 Å². The number of fused-ring (bicyclic) bond motifs is 1. The van der Waals surface area contributed by atoms with Crippen LogP contribution < -0.4 is 20.1 Å². The summed E-state index contributed by atoms with van der Waals surface area (Å²) in [6, 6.07) is 8.77. The molecule has 0 aliphatic rings. The third-order valence-corrected chi connectivity index (χ3v) is 5.58. The molecule has 9 nitrogen and oxygen atoms in total. The maximum Gasteiger partial charge on any atom is 0.319 e. The number of esters is 1. The van der Waals surface area contributed by atoms with Crippen molar-refractivity contribution in [2.45, 2.75) is 46.2 Å². The number of urea groups is 1. The summed E-state index contributed by atoms with van der Waals surface area (Å²) in [4.78, 5) is 28.5. The number of rotatable bonds is 12. The van der Waals surface area contributed by atoms with E-state index in [9.17, 15) is 9.59 Å². The number of amides is 2. The van der Waals surface area contributed by atoms with Crippen molar-refractivity contribution in [3.63, 3.8) is 0 Å². The monoisotopic (exact) mass is 482 g/mol. The molecule has 3 aromatic rings. The smallest absolute Gasteiger partial charge is 0.319 e. The molecule has 2 amide bonds. The summed E-state index contributed by atoms with van der Waals surface area (Å²) in [5.41, 5.74) is 2.28. The lowest BCUT2D eigenvalue weighted by Gasteiger charge is -2.14. The van der Waals surface area contributed by atoms with Gasteiger partial charge in [0.15, 0.2) is 11.5 Å². The highest BCUT2D eigenvalue weighted by atomic mass is 16.5. The van der Waals surface area contributed by atoms with Crippen LogP contribution in [0.25, 0.3) is 11.0 Å². The van der Waals surface area contributed by atoms with Crippen molar-refractivity contribution in [2.75, 3.05) is 26.1 Å². The van der Waals surface area contributed by atoms with Crippen molar-refractivity contribution in [1.29, 1.82) is 0 Å². The molecule has 9 heteroatoms. The lowest BCUT2D eigenvalue weighted by Crippen LogP contribution is -2.28. The summed E-state index contributed by atoms with van der Waals surface area (Å²) in [5.74, 6) is 1.57. The van der Waals surface area contributed by atoms with E-state index >= 15 is 0 Å². The Labute approximate surface area is 205 Å². The SMILES string of the molecule is COC(=O)CCn1ccc2c(CNC(=O)Nc3ccc(OC)c(OCCCC(C)C)c3)ccnc21. The zero-order valence-corrected chi connectivity index (χ0v) is 20.8. The zero-order chi connectivity index (χ0) is 25.2. The number of anilines is 1. The maximum atomic E-state index is 12.6. The average molecular weight is 483 g/mol. The van der Waals surface area contributed by atoms with Gasteiger partial charge in [-0.3, -0.25) is 4.79 Å². The van der Waals surface area contributed by atoms with Gasteiger partial charge in [0, 0.05) is 42.6 Å². The predicted octanol–water partition coefficient (Wildman–Crippen LogP) is 4.74. The number of carbonyl (C=O) groups excluding carboxylic acids is 2. The van der Waals surface area contributed by atoms with E-state index in [2.05, 4.69) is 29.5 Å². The number of hydrogen-bond donors (Lipinski definition) is 2. The molecule has 35 heavy (non-hydrogen) atoms. The number of nitrogens with one attached hydrogen (secondary N) is 2. The molecule has 0 aliphatic carbocycles. The fourth-order valence-electron chi connectivity index (χ4n) is 3.69. The standard InChI is InChI=1S/C26H34N4O5/c1-18(2)6-5-15-35-23-16-20(7-8-22(23)33-3)29-26(32)28-17-19-9-12-27-25-21(19)10-13-30(25)14-11-24(31)34-4/h7-10,12-13,16,18H,5-6,11,14-15,17H2,1-4H3,(H2,28,29,32). The minimum Gasteiger partial charge on any atom is -0.493 e. The van der Waals surface area contributed by atoms with Crippen LogP contribution in [0.2, 0.25) is 0 Å². The van der Waals surface area contributed by atoms with Gasteiger partial charge in [-0.05, 0) is 48.6 Å². The number of ether oxygens (including phenoxy) is 3. The summed E-state index contributed by atoms with van der Waals surface area (Å²) in [6.07, 6.45) is 5.87. The van der Waals surface area contributed by atoms with Crippen molar-refractivity contribution >= 4 is 28.7 Å². The fraction of sp³-hybridized carbons (Fsp3) is 0.423. The second-order valence-corrected chi connectivity index (χ2v) is 8.60. The summed E-state index contributed by atoms with van der Waals surface area (Å²) in [6.45, 7) is 5.74. The summed E-state index contributed by atoms with van der Waals surface area (Å²) in [5, 5.41) is 6.65. The molecule has 2 aromatic heterocycles. The molecule has 3 rings (SSSR count). The first-order valence-electron chi connectivity index (χ1n) is 11.8. The second kappa shape index (κ2) is 12.6. The van der Waals surface area contributed by atoms with Gasteiger partial charge < -0.3 is 29.4 Å². The third kappa shape index (κ3) is 7.37. The van der Waals surface area contributed by atoms with Gasteiger partial charge >= 0.3 is 12.0 Å². The van der Waals surface area contributed by atoms with Gasteiger partial charge in [-0.25, -0.2) is 9.78 Å². The molecular weight excluding hydrogens is 448 g/mol. The first kappa shape index (κ1) is 25.9. The van der Waals surface area contributed by atoms with Gasteiger partial charge in [-0.2, -0.15) is 0 Å². The summed E-state index contributed by atoms with van der Waals surface area (Å²) in [7, 11) is 2.96. The number of benzene rings is 1. The molecular formula is C26H34N4O5. The van der Waals surface area contributed by atoms with E-state index in [4.69, 9.17) is 14.2 Å². The molecule has 0 saturated heterocycles. The molecule has 0 spiro atoms. The molecule has 0 unspecified atom stereocenters. The average Bonchev–Trinajstić information content (AvgIpc) is 3.27. The largest absolute Gasteiger partial charge is 0.493 e. The van der Waals surface area contributed by atoms with E-state index in [-0.39, 0.29) is 18.4 Å². The Morgan fingerprint density at radius 3 is 2.69 bits per heavy atom. The van der Waals surface area contributed by atoms with Crippen molar-refractivity contribution in [3.05, 3.63) is 48.3 Å². The van der Waals surface area contributed by atoms with Gasteiger partial charge in [0.1, 0.15) is 5.65 Å². The summed E-state index contributed by atoms with van der Waals surface area (Å²) < 4.78 is 17.9. The Balaban J connectivity index is 1.59. The van der Waals surface area contributed by atoms with Crippen LogP contribution in [0.1, 0.15) is 38.7 Å². The van der Waals surface area contributed by atoms with E-state index in [1.54, 1.807) is 31.5 Å². The molecule has 0 bridgehead atoms. The van der Waals surface area contributed by atoms with Crippen molar-refractivity contribution in [1.82, 2.24) is 14.9 Å². The number of methoxy groups -OCH3 is 2. The molecule has 0 fully saturated rings. The number of pyridine rings is 1. The first-order chi connectivity index (χ1) is 16.9. The van der Waals surface area contributed by atoms with Crippen LogP contribution in [0.5, 0.6) is 11.5 Å². The molecule has 188 valence electrons. The molecule has 0 aliphatic heterocycles. The van der Waals surface area contributed by atoms with E-state index in [0.29, 0.717) is 42.8 Å². The van der Waals surface area contributed by atoms with Crippen LogP contribution in [-0.2, 0) is 22.6 Å². The topological polar surface area (TPSA) is 104 Å². The van der Waals surface area contributed by atoms with E-state index in [0.717, 1.165) is 29.4 Å². The number of carbonyl (C=O) groups is 2. The number of nitrogens with zero attached hydrogens (tertiary/aromatic N) is 2. The number of aromatic nitrogens is 2. The van der Waals surface area contributed by atoms with E-state index < -0.39 is 0 Å². The molecule has 0 saturated carbocycles. The molecule has 2 heterocycles. The molecule has 2 N–H and O–H groups in total. The Morgan fingerprint density at radius 2 is 1.94 bits per heavy atom. The second-order valence-electron chi connectivity index (χ2n) is 8.60. The van der Waals surface area contributed by atoms with Crippen molar-refractivity contribution in [2.24, 2.45) is 5.92 Å². The highest BCUT2D eigenvalue weighted by Gasteiger charge is 2.11. The van der Waals surface area contributed by atoms with Crippen molar-refractivity contribution in [3.8, 4) is 11.5 Å². The Bertz CT molecular complexity index is 1140. The summed E-state index contributed by atoms with van der Waals surface area (Å²) >= 11 is 0. The minimum atomic E-state index is -0.337. The van der Waals surface area contributed by atoms with Crippen LogP contribution >= 0.6 is 0 Å². The zero-order valence-electron chi connectivity index (χ0n) is 20.8. The van der Waals surface area contributed by atoms with Crippen LogP contribution in [0.15, 0.2) is 42.7 Å². The van der Waals surface area contributed by atoms with Gasteiger partial charge in [-0.15, -0.1) is 0 Å². The predicted molar refractivity (Wildman–Crippen MR) is 135 cm³/mol.